The fraction of sp³-hybridized carbons (Fsp3) is 0.200. The number of ketones is 1. The number of halogens is 1. The first-order chi connectivity index (χ1) is 11.7. The van der Waals surface area contributed by atoms with Gasteiger partial charge in [-0.3, -0.25) is 4.79 Å². The van der Waals surface area contributed by atoms with Crippen LogP contribution in [0.4, 0.5) is 0 Å². The number of benzene rings is 2. The molecular weight excluding hydrogens is 364 g/mol. The Bertz CT molecular complexity index is 887. The van der Waals surface area contributed by atoms with Crippen LogP contribution in [0.2, 0.25) is 0 Å². The Morgan fingerprint density at radius 3 is 2.33 bits per heavy atom. The summed E-state index contributed by atoms with van der Waals surface area (Å²) in [5.74, 6) is 0.245. The van der Waals surface area contributed by atoms with Crippen LogP contribution < -0.4 is 0 Å². The summed E-state index contributed by atoms with van der Waals surface area (Å²) in [4.78, 5) is 12.8. The molecular formula is C20H17BrN2O. The van der Waals surface area contributed by atoms with Crippen molar-refractivity contribution in [2.24, 2.45) is 0 Å². The Hall–Kier alpha value is -2.20. The van der Waals surface area contributed by atoms with Crippen molar-refractivity contribution in [1.82, 2.24) is 9.78 Å². The molecule has 24 heavy (non-hydrogen) atoms. The van der Waals surface area contributed by atoms with Gasteiger partial charge in [0.2, 0.25) is 0 Å². The molecule has 0 fully saturated rings. The van der Waals surface area contributed by atoms with E-state index in [-0.39, 0.29) is 16.5 Å². The van der Waals surface area contributed by atoms with Crippen LogP contribution in [0, 0.1) is 6.92 Å². The number of aromatic nitrogens is 2. The Morgan fingerprint density at radius 2 is 1.67 bits per heavy atom. The molecule has 1 aliphatic carbocycles. The fourth-order valence-electron chi connectivity index (χ4n) is 3.49. The zero-order valence-corrected chi connectivity index (χ0v) is 14.9. The molecule has 2 atom stereocenters. The minimum Gasteiger partial charge on any atom is -0.293 e. The molecule has 120 valence electrons. The van der Waals surface area contributed by atoms with E-state index < -0.39 is 0 Å². The van der Waals surface area contributed by atoms with Gasteiger partial charge in [0.25, 0.3) is 0 Å². The van der Waals surface area contributed by atoms with Crippen LogP contribution in [0.15, 0.2) is 60.7 Å². The van der Waals surface area contributed by atoms with Gasteiger partial charge in [0.1, 0.15) is 0 Å². The predicted octanol–water partition coefficient (Wildman–Crippen LogP) is 4.47. The summed E-state index contributed by atoms with van der Waals surface area (Å²) in [6.45, 7) is 1.92. The summed E-state index contributed by atoms with van der Waals surface area (Å²) >= 11 is 3.64. The highest BCUT2D eigenvalue weighted by Crippen LogP contribution is 2.38. The largest absolute Gasteiger partial charge is 0.293 e. The van der Waals surface area contributed by atoms with Crippen molar-refractivity contribution in [3.8, 4) is 5.69 Å². The molecule has 0 saturated carbocycles. The van der Waals surface area contributed by atoms with E-state index in [2.05, 4.69) is 33.2 Å². The van der Waals surface area contributed by atoms with Gasteiger partial charge in [-0.05, 0) is 31.0 Å². The molecule has 1 heterocycles. The van der Waals surface area contributed by atoms with E-state index >= 15 is 0 Å². The number of nitrogens with zero attached hydrogens (tertiary/aromatic N) is 2. The third-order valence-electron chi connectivity index (χ3n) is 4.65. The zero-order valence-electron chi connectivity index (χ0n) is 13.3. The first-order valence-corrected chi connectivity index (χ1v) is 8.95. The third-order valence-corrected chi connectivity index (χ3v) is 5.70. The monoisotopic (exact) mass is 380 g/mol. The summed E-state index contributed by atoms with van der Waals surface area (Å²) in [5, 5.41) is 4.65. The van der Waals surface area contributed by atoms with Crippen molar-refractivity contribution in [3.63, 3.8) is 0 Å². The second-order valence-electron chi connectivity index (χ2n) is 6.14. The van der Waals surface area contributed by atoms with Crippen LogP contribution in [0.1, 0.15) is 33.2 Å². The zero-order chi connectivity index (χ0) is 16.7. The van der Waals surface area contributed by atoms with Crippen molar-refractivity contribution in [3.05, 3.63) is 83.2 Å². The van der Waals surface area contributed by atoms with Gasteiger partial charge in [0.05, 0.1) is 27.5 Å². The lowest BCUT2D eigenvalue weighted by Gasteiger charge is -2.27. The normalized spacial score (nSPS) is 20.0. The number of alkyl halides is 1. The van der Waals surface area contributed by atoms with Crippen molar-refractivity contribution < 1.29 is 4.79 Å². The second-order valence-corrected chi connectivity index (χ2v) is 7.13. The lowest BCUT2D eigenvalue weighted by Crippen LogP contribution is -2.31. The Balaban J connectivity index is 1.85. The van der Waals surface area contributed by atoms with Gasteiger partial charge in [-0.15, -0.1) is 0 Å². The van der Waals surface area contributed by atoms with Gasteiger partial charge < -0.3 is 0 Å². The van der Waals surface area contributed by atoms with E-state index in [1.54, 1.807) is 0 Å². The van der Waals surface area contributed by atoms with Crippen LogP contribution >= 0.6 is 15.9 Å². The van der Waals surface area contributed by atoms with Crippen LogP contribution in [0.5, 0.6) is 0 Å². The maximum absolute atomic E-state index is 13.0. The number of carbonyl (C=O) groups excluding carboxylic acids is 1. The minimum absolute atomic E-state index is 0.116. The first kappa shape index (κ1) is 15.3. The number of hydrogen-bond donors (Lipinski definition) is 0. The molecule has 0 N–H and O–H groups in total. The van der Waals surface area contributed by atoms with Crippen LogP contribution in [-0.4, -0.2) is 20.4 Å². The Labute approximate surface area is 149 Å². The molecule has 0 radical (unpaired) electrons. The smallest absolute Gasteiger partial charge is 0.180 e. The van der Waals surface area contributed by atoms with E-state index in [0.717, 1.165) is 29.1 Å². The van der Waals surface area contributed by atoms with E-state index in [1.165, 1.54) is 5.56 Å². The standard InChI is InChI=1S/C20H17BrN2O/c1-13-18-17(23(22-13)15-10-6-3-7-11-15)12-16(19(21)20(18)24)14-8-4-2-5-9-14/h2-11,16,19H,12H2,1H3/t16-,19-/m1/s1. The number of carbonyl (C=O) groups is 1. The molecule has 4 rings (SSSR count). The highest BCUT2D eigenvalue weighted by molar-refractivity contribution is 9.10. The van der Waals surface area contributed by atoms with E-state index in [4.69, 9.17) is 0 Å². The number of rotatable bonds is 2. The average molecular weight is 381 g/mol. The topological polar surface area (TPSA) is 34.9 Å². The van der Waals surface area contributed by atoms with Crippen LogP contribution in [0.3, 0.4) is 0 Å². The number of aryl methyl sites for hydroxylation is 1. The van der Waals surface area contributed by atoms with Crippen LogP contribution in [0.25, 0.3) is 5.69 Å². The number of para-hydroxylation sites is 1. The molecule has 0 aliphatic heterocycles. The lowest BCUT2D eigenvalue weighted by atomic mass is 9.81. The van der Waals surface area contributed by atoms with Crippen molar-refractivity contribution in [1.29, 1.82) is 0 Å². The summed E-state index contributed by atoms with van der Waals surface area (Å²) in [7, 11) is 0. The molecule has 0 amide bonds. The third kappa shape index (κ3) is 2.42. The number of Topliss-reactive ketones (excluding diaryl/α,β-unsaturated/α-hetero) is 1. The first-order valence-electron chi connectivity index (χ1n) is 8.04. The summed E-state index contributed by atoms with van der Waals surface area (Å²) in [6, 6.07) is 20.2. The lowest BCUT2D eigenvalue weighted by molar-refractivity contribution is 0.0973. The molecule has 2 aromatic carbocycles. The van der Waals surface area contributed by atoms with Crippen molar-refractivity contribution >= 4 is 21.7 Å². The van der Waals surface area contributed by atoms with E-state index in [1.807, 2.05) is 60.1 Å². The Morgan fingerprint density at radius 1 is 1.04 bits per heavy atom. The highest BCUT2D eigenvalue weighted by atomic mass is 79.9. The maximum atomic E-state index is 13.0. The van der Waals surface area contributed by atoms with Gasteiger partial charge in [0, 0.05) is 5.92 Å². The highest BCUT2D eigenvalue weighted by Gasteiger charge is 2.38. The van der Waals surface area contributed by atoms with Gasteiger partial charge >= 0.3 is 0 Å². The van der Waals surface area contributed by atoms with Crippen molar-refractivity contribution in [2.75, 3.05) is 0 Å². The molecule has 0 spiro atoms. The summed E-state index contributed by atoms with van der Waals surface area (Å²) < 4.78 is 1.93. The molecule has 0 bridgehead atoms. The second kappa shape index (κ2) is 6.02. The van der Waals surface area contributed by atoms with Gasteiger partial charge in [-0.25, -0.2) is 4.68 Å². The quantitative estimate of drug-likeness (QED) is 0.614. The average Bonchev–Trinajstić information content (AvgIpc) is 2.96. The number of hydrogen-bond acceptors (Lipinski definition) is 2. The Kier molecular flexibility index (Phi) is 3.85. The molecule has 0 saturated heterocycles. The SMILES string of the molecule is Cc1nn(-c2ccccc2)c2c1C(=O)[C@H](Br)[C@@H](c1ccccc1)C2. The molecule has 3 nitrogen and oxygen atoms in total. The maximum Gasteiger partial charge on any atom is 0.180 e. The van der Waals surface area contributed by atoms with E-state index in [9.17, 15) is 4.79 Å². The summed E-state index contributed by atoms with van der Waals surface area (Å²) in [5.41, 5.74) is 4.75. The van der Waals surface area contributed by atoms with E-state index in [0.29, 0.717) is 0 Å². The van der Waals surface area contributed by atoms with Gasteiger partial charge in [0.15, 0.2) is 5.78 Å². The number of fused-ring (bicyclic) bond motifs is 1. The summed E-state index contributed by atoms with van der Waals surface area (Å²) in [6.07, 6.45) is 0.788. The minimum atomic E-state index is -0.209. The molecule has 0 unspecified atom stereocenters. The molecule has 1 aromatic heterocycles. The fourth-order valence-corrected chi connectivity index (χ4v) is 4.21. The van der Waals surface area contributed by atoms with Crippen molar-refractivity contribution in [2.45, 2.75) is 24.1 Å². The van der Waals surface area contributed by atoms with Gasteiger partial charge in [-0.2, -0.15) is 5.10 Å². The predicted molar refractivity (Wildman–Crippen MR) is 98.2 cm³/mol. The van der Waals surface area contributed by atoms with Gasteiger partial charge in [-0.1, -0.05) is 64.5 Å². The molecule has 1 aliphatic rings. The van der Waals surface area contributed by atoms with Crippen LogP contribution in [-0.2, 0) is 6.42 Å². The molecule has 3 aromatic rings. The molecule has 4 heteroatoms.